The van der Waals surface area contributed by atoms with Crippen molar-refractivity contribution in [1.29, 1.82) is 0 Å². The van der Waals surface area contributed by atoms with Gasteiger partial charge in [0.05, 0.1) is 0 Å². The SMILES string of the molecule is CC(=O)[O-].CC(=O)[O-].O=S([CH-]CS(=O)c1ccccc1)c1ccccc1.[Pd+2]. The third-order valence-electron chi connectivity index (χ3n) is 2.35. The molecule has 6 nitrogen and oxygen atoms in total. The molecule has 2 aromatic rings. The molecule has 0 aromatic heterocycles. The Balaban J connectivity index is 0. The molecule has 2 unspecified atom stereocenters. The maximum absolute atomic E-state index is 11.9. The van der Waals surface area contributed by atoms with E-state index in [1.165, 1.54) is 0 Å². The Morgan fingerprint density at radius 2 is 1.15 bits per heavy atom. The summed E-state index contributed by atoms with van der Waals surface area (Å²) in [5.41, 5.74) is 0. The van der Waals surface area contributed by atoms with E-state index in [0.717, 1.165) is 23.6 Å². The molecule has 0 aliphatic rings. The van der Waals surface area contributed by atoms with Crippen molar-refractivity contribution >= 4 is 33.5 Å². The fourth-order valence-electron chi connectivity index (χ4n) is 1.44. The van der Waals surface area contributed by atoms with E-state index in [1.807, 2.05) is 48.5 Å². The molecule has 27 heavy (non-hydrogen) atoms. The minimum Gasteiger partial charge on any atom is -0.550 e. The van der Waals surface area contributed by atoms with Crippen LogP contribution in [-0.2, 0) is 51.6 Å². The van der Waals surface area contributed by atoms with Gasteiger partial charge in [0.1, 0.15) is 0 Å². The van der Waals surface area contributed by atoms with E-state index in [-0.39, 0.29) is 20.4 Å². The smallest absolute Gasteiger partial charge is 0.550 e. The molecule has 9 heteroatoms. The van der Waals surface area contributed by atoms with Gasteiger partial charge in [0.15, 0.2) is 0 Å². The maximum Gasteiger partial charge on any atom is 2.00 e. The summed E-state index contributed by atoms with van der Waals surface area (Å²) in [5, 5.41) is 17.8. The molecule has 2 aromatic carbocycles. The van der Waals surface area contributed by atoms with E-state index >= 15 is 0 Å². The van der Waals surface area contributed by atoms with Crippen LogP contribution in [0.4, 0.5) is 0 Å². The largest absolute Gasteiger partial charge is 2.00 e. The van der Waals surface area contributed by atoms with E-state index in [4.69, 9.17) is 19.8 Å². The van der Waals surface area contributed by atoms with Crippen molar-refractivity contribution in [2.45, 2.75) is 23.6 Å². The van der Waals surface area contributed by atoms with Gasteiger partial charge < -0.3 is 19.8 Å². The summed E-state index contributed by atoms with van der Waals surface area (Å²) in [4.78, 5) is 19.3. The van der Waals surface area contributed by atoms with Crippen molar-refractivity contribution in [3.8, 4) is 0 Å². The van der Waals surface area contributed by atoms with Crippen LogP contribution in [-0.4, -0.2) is 26.1 Å². The van der Waals surface area contributed by atoms with Gasteiger partial charge in [0.2, 0.25) is 0 Å². The minimum atomic E-state index is -1.20. The van der Waals surface area contributed by atoms with Gasteiger partial charge >= 0.3 is 20.4 Å². The Morgan fingerprint density at radius 1 is 0.815 bits per heavy atom. The number of hydrogen-bond donors (Lipinski definition) is 0. The van der Waals surface area contributed by atoms with Gasteiger partial charge in [-0.05, 0) is 38.1 Å². The summed E-state index contributed by atoms with van der Waals surface area (Å²) in [6.45, 7) is 1.94. The monoisotopic (exact) mass is 501 g/mol. The van der Waals surface area contributed by atoms with Crippen LogP contribution in [0, 0.1) is 5.75 Å². The number of carboxylic acids is 2. The zero-order chi connectivity index (χ0) is 19.9. The zero-order valence-corrected chi connectivity index (χ0v) is 17.8. The van der Waals surface area contributed by atoms with Gasteiger partial charge in [0, 0.05) is 32.5 Å². The Morgan fingerprint density at radius 3 is 1.52 bits per heavy atom. The van der Waals surface area contributed by atoms with Crippen LogP contribution in [0.2, 0.25) is 0 Å². The van der Waals surface area contributed by atoms with Crippen LogP contribution >= 0.6 is 0 Å². The number of carboxylic acid groups (broad SMARTS) is 2. The van der Waals surface area contributed by atoms with E-state index in [9.17, 15) is 8.42 Å². The normalized spacial score (nSPS) is 11.2. The molecule has 0 N–H and O–H groups in total. The average Bonchev–Trinajstić information content (AvgIpc) is 2.60. The molecule has 0 saturated carbocycles. The second kappa shape index (κ2) is 16.5. The second-order valence-electron chi connectivity index (χ2n) is 4.59. The van der Waals surface area contributed by atoms with Crippen LogP contribution in [0.25, 0.3) is 0 Å². The first-order chi connectivity index (χ1) is 12.2. The number of hydrogen-bond acceptors (Lipinski definition) is 6. The molecule has 0 amide bonds. The molecule has 0 spiro atoms. The molecule has 2 atom stereocenters. The van der Waals surface area contributed by atoms with E-state index in [2.05, 4.69) is 0 Å². The van der Waals surface area contributed by atoms with Crippen molar-refractivity contribution in [1.82, 2.24) is 0 Å². The van der Waals surface area contributed by atoms with Gasteiger partial charge in [-0.25, -0.2) is 5.75 Å². The molecular formula is C18H19O6PdS2-. The van der Waals surface area contributed by atoms with E-state index in [1.54, 1.807) is 17.9 Å². The van der Waals surface area contributed by atoms with Crippen molar-refractivity contribution < 1.29 is 48.6 Å². The number of aliphatic carboxylic acids is 2. The summed E-state index contributed by atoms with van der Waals surface area (Å²) >= 11 is 0. The molecule has 0 aliphatic heterocycles. The van der Waals surface area contributed by atoms with Crippen molar-refractivity contribution in [2.24, 2.45) is 0 Å². The summed E-state index contributed by atoms with van der Waals surface area (Å²) in [7, 11) is -2.32. The second-order valence-corrected chi connectivity index (χ2v) is 7.48. The topological polar surface area (TPSA) is 114 Å². The van der Waals surface area contributed by atoms with E-state index < -0.39 is 33.5 Å². The molecule has 0 radical (unpaired) electrons. The van der Waals surface area contributed by atoms with Crippen LogP contribution in [0.15, 0.2) is 70.5 Å². The van der Waals surface area contributed by atoms with Gasteiger partial charge in [-0.2, -0.15) is 0 Å². The Bertz CT molecular complexity index is 652. The maximum atomic E-state index is 11.9. The van der Waals surface area contributed by atoms with Gasteiger partial charge in [-0.1, -0.05) is 42.2 Å². The fourth-order valence-corrected chi connectivity index (χ4v) is 3.70. The number of benzene rings is 2. The number of rotatable bonds is 5. The first-order valence-corrected chi connectivity index (χ1v) is 9.84. The van der Waals surface area contributed by atoms with Crippen LogP contribution in [0.1, 0.15) is 13.8 Å². The molecule has 0 heterocycles. The van der Waals surface area contributed by atoms with E-state index in [0.29, 0.717) is 5.75 Å². The Hall–Kier alpha value is -1.66. The first-order valence-electron chi connectivity index (χ1n) is 7.31. The van der Waals surface area contributed by atoms with Crippen molar-refractivity contribution in [3.05, 3.63) is 66.4 Å². The summed E-state index contributed by atoms with van der Waals surface area (Å²) in [5.74, 6) is -0.274. The minimum absolute atomic E-state index is 0. The predicted molar refractivity (Wildman–Crippen MR) is 96.2 cm³/mol. The molecule has 0 fully saturated rings. The van der Waals surface area contributed by atoms with Crippen LogP contribution in [0.5, 0.6) is 0 Å². The van der Waals surface area contributed by atoms with Gasteiger partial charge in [0.25, 0.3) is 0 Å². The van der Waals surface area contributed by atoms with Crippen LogP contribution in [0.3, 0.4) is 0 Å². The molecule has 150 valence electrons. The van der Waals surface area contributed by atoms with Crippen LogP contribution < -0.4 is 10.2 Å². The standard InChI is InChI=1S/C14H13O2S2.2C2H4O2.Pd/c15-17(13-7-3-1-4-8-13)11-12-18(16)14-9-5-2-6-10-14;2*1-2(3)4;/h1-11H,12H2;2*1H3,(H,3,4);/q-1;;;+2/p-2. The molecule has 0 bridgehead atoms. The third kappa shape index (κ3) is 16.3. The molecule has 0 aliphatic carbocycles. The third-order valence-corrected chi connectivity index (χ3v) is 5.04. The zero-order valence-electron chi connectivity index (χ0n) is 14.6. The molecule has 0 saturated heterocycles. The quantitative estimate of drug-likeness (QED) is 0.429. The van der Waals surface area contributed by atoms with Crippen molar-refractivity contribution in [3.63, 3.8) is 0 Å². The number of carbonyl (C=O) groups is 2. The summed E-state index contributed by atoms with van der Waals surface area (Å²) in [6.07, 6.45) is 0. The number of carbonyl (C=O) groups excluding carboxylic acids is 2. The summed E-state index contributed by atoms with van der Waals surface area (Å²) in [6, 6.07) is 18.4. The average molecular weight is 502 g/mol. The van der Waals surface area contributed by atoms with Gasteiger partial charge in [-0.15, -0.1) is 10.8 Å². The van der Waals surface area contributed by atoms with Gasteiger partial charge in [-0.3, -0.25) is 8.42 Å². The Kier molecular flexibility index (Phi) is 16.9. The van der Waals surface area contributed by atoms with Crippen molar-refractivity contribution in [2.75, 3.05) is 5.75 Å². The fraction of sp³-hybridized carbons (Fsp3) is 0.167. The molecular weight excluding hydrogens is 483 g/mol. The molecule has 2 rings (SSSR count). The Labute approximate surface area is 177 Å². The predicted octanol–water partition coefficient (Wildman–Crippen LogP) is 0.274. The first kappa shape index (κ1) is 27.6. The summed E-state index contributed by atoms with van der Waals surface area (Å²) < 4.78 is 23.8.